The van der Waals surface area contributed by atoms with E-state index < -0.39 is 13.9 Å². The first-order chi connectivity index (χ1) is 14.4. The number of rotatable bonds is 3. The van der Waals surface area contributed by atoms with Crippen LogP contribution in [0, 0.1) is 12.1 Å². The molecule has 0 radical (unpaired) electrons. The van der Waals surface area contributed by atoms with E-state index >= 15 is 0 Å². The van der Waals surface area contributed by atoms with Crippen molar-refractivity contribution < 1.29 is 86.9 Å². The van der Waals surface area contributed by atoms with Crippen LogP contribution in [-0.4, -0.2) is 84.4 Å². The second-order valence-electron chi connectivity index (χ2n) is 2.75. The summed E-state index contributed by atoms with van der Waals surface area (Å²) in [6, 6.07) is 0. The van der Waals surface area contributed by atoms with E-state index in [0.717, 1.165) is 42.7 Å². The predicted molar refractivity (Wildman–Crippen MR) is 139 cm³/mol. The van der Waals surface area contributed by atoms with Crippen LogP contribution in [0.25, 0.3) is 0 Å². The van der Waals surface area contributed by atoms with Gasteiger partial charge in [0.05, 0.1) is 0 Å². The molecule has 0 saturated carbocycles. The van der Waals surface area contributed by atoms with E-state index in [1.165, 1.54) is 13.5 Å². The maximum Gasteiger partial charge on any atom is 1.00 e. The maximum absolute atomic E-state index is 9.95. The van der Waals surface area contributed by atoms with Gasteiger partial charge in [-0.15, -0.1) is 6.42 Å². The van der Waals surface area contributed by atoms with Gasteiger partial charge in [0.15, 0.2) is 0 Å². The number of phosphoric ester groups is 1. The van der Waals surface area contributed by atoms with Gasteiger partial charge in [-0.3, -0.25) is 13.7 Å². The minimum atomic E-state index is -3.90. The normalized spacial score (nSPS) is 6.97. The molecule has 34 heavy (non-hydrogen) atoms. The number of methoxy groups -OCH3 is 1. The molecule has 0 bridgehead atoms. The summed E-state index contributed by atoms with van der Waals surface area (Å²) >= 11 is 9.63. The fraction of sp³-hybridized carbons (Fsp3) is 0.875. The number of hydrogen-bond donors (Lipinski definition) is 4. The van der Waals surface area contributed by atoms with Crippen molar-refractivity contribution in [2.24, 2.45) is 0 Å². The van der Waals surface area contributed by atoms with E-state index in [9.17, 15) is 14.0 Å². The van der Waals surface area contributed by atoms with Crippen molar-refractivity contribution in [2.45, 2.75) is 35.1 Å². The Morgan fingerprint density at radius 3 is 0.941 bits per heavy atom. The average molecular weight is 619 g/mol. The number of aliphatic hydroxyl groups excluding tert-OH is 4. The van der Waals surface area contributed by atoms with Gasteiger partial charge >= 0.3 is 35.6 Å². The minimum absolute atomic E-state index is 0. The quantitative estimate of drug-likeness (QED) is 0.201. The van der Waals surface area contributed by atoms with Crippen molar-refractivity contribution in [3.8, 4) is 12.1 Å². The summed E-state index contributed by atoms with van der Waals surface area (Å²) in [4.78, 5) is 9.95. The summed E-state index contributed by atoms with van der Waals surface area (Å²) in [5, 5.41) is 28.0. The third-order valence-corrected chi connectivity index (χ3v) is 2.97. The first-order valence-corrected chi connectivity index (χ1v) is 13.1. The zero-order valence-electron chi connectivity index (χ0n) is 20.9. The summed E-state index contributed by atoms with van der Waals surface area (Å²) in [6.45, 7) is 4.25. The molecule has 0 amide bonds. The molecule has 0 heterocycles. The summed E-state index contributed by atoms with van der Waals surface area (Å²) in [7, 11) is 6.38. The Hall–Kier alpha value is 1.34. The fourth-order valence-corrected chi connectivity index (χ4v) is 0.224. The summed E-state index contributed by atoms with van der Waals surface area (Å²) < 4.78 is 44.9. The SMILES string of the molecule is C.C.C#CP=O.CCC.CO.CO.CO.CO.COC.COP(=O)(Cl)Cl.COP(=O)([O-])OC.[Na+]. The summed E-state index contributed by atoms with van der Waals surface area (Å²) in [5.41, 5.74) is 1.85. The molecule has 0 aliphatic rings. The molecular weight excluding hydrogens is 571 g/mol. The topological polar surface area (TPSA) is 192 Å². The molecule has 0 atom stereocenters. The Morgan fingerprint density at radius 2 is 0.941 bits per heavy atom. The molecule has 4 N–H and O–H groups in total. The molecule has 0 aromatic carbocycles. The molecule has 0 spiro atoms. The number of hydrogen-bond acceptors (Lipinski definition) is 12. The van der Waals surface area contributed by atoms with Gasteiger partial charge in [0.2, 0.25) is 8.46 Å². The minimum Gasteiger partial charge on any atom is -0.756 e. The van der Waals surface area contributed by atoms with Crippen LogP contribution in [0.2, 0.25) is 0 Å². The number of halogens is 2. The van der Waals surface area contributed by atoms with E-state index in [-0.39, 0.29) is 52.9 Å². The Bertz CT molecular complexity index is 366. The molecule has 0 aromatic heterocycles. The van der Waals surface area contributed by atoms with Gasteiger partial charge in [0.1, 0.15) is 0 Å². The Kier molecular flexibility index (Phi) is 208. The second kappa shape index (κ2) is 92.3. The summed E-state index contributed by atoms with van der Waals surface area (Å²) in [5.74, 6) is 0. The molecule has 0 aliphatic heterocycles. The van der Waals surface area contributed by atoms with Crippen LogP contribution in [0.15, 0.2) is 0 Å². The van der Waals surface area contributed by atoms with Crippen LogP contribution < -0.4 is 34.5 Å². The van der Waals surface area contributed by atoms with Crippen LogP contribution in [0.1, 0.15) is 35.1 Å². The first kappa shape index (κ1) is 76.5. The third-order valence-electron chi connectivity index (χ3n) is 0.712. The third kappa shape index (κ3) is 271. The molecule has 0 aliphatic carbocycles. The van der Waals surface area contributed by atoms with Crippen molar-refractivity contribution >= 4 is 44.8 Å². The molecule has 0 unspecified atom stereocenters. The van der Waals surface area contributed by atoms with Crippen LogP contribution >= 0.6 is 44.8 Å². The smallest absolute Gasteiger partial charge is 0.756 e. The molecule has 0 aromatic rings. The standard InChI is InChI=1S/C3H8.C2H7O4P.C2HOP.C2H6O.CH3Cl2O2P.4CH4O.2CH4.Na/c1-3-2;1-5-7(3,4)6-2;1-2-4-3;1-3-2;1-5-6(2,3)4;4*1-2;;;/h3H2,1-2H3;1-2H3,(H,3,4);1H;1-2H3;1H3;4*2H,1H3;2*1H4;/q;;;;;;;;;;;+1/p-1. The van der Waals surface area contributed by atoms with E-state index in [2.05, 4.69) is 38.6 Å². The van der Waals surface area contributed by atoms with E-state index in [4.69, 9.17) is 47.5 Å². The fourth-order valence-electron chi connectivity index (χ4n) is 0.0745. The van der Waals surface area contributed by atoms with Crippen LogP contribution in [0.3, 0.4) is 0 Å². The first-order valence-electron chi connectivity index (χ1n) is 7.37. The molecular formula is C16H48Cl2NaO12P3. The van der Waals surface area contributed by atoms with Crippen LogP contribution in [-0.2, 0) is 32.0 Å². The van der Waals surface area contributed by atoms with Gasteiger partial charge < -0.3 is 43.6 Å². The largest absolute Gasteiger partial charge is 1.00 e. The molecule has 12 nitrogen and oxygen atoms in total. The summed E-state index contributed by atoms with van der Waals surface area (Å²) in [6.07, 6.45) is 2.50. The number of terminal acetylenes is 1. The van der Waals surface area contributed by atoms with Gasteiger partial charge in [0, 0.05) is 64.0 Å². The van der Waals surface area contributed by atoms with Crippen molar-refractivity contribution in [3.63, 3.8) is 0 Å². The average Bonchev–Trinajstić information content (AvgIpc) is 2.80. The van der Waals surface area contributed by atoms with Gasteiger partial charge in [0.25, 0.3) is 7.82 Å². The number of ether oxygens (including phenoxy) is 1. The Morgan fingerprint density at radius 1 is 0.824 bits per heavy atom. The monoisotopic (exact) mass is 618 g/mol. The molecule has 18 heteroatoms. The van der Waals surface area contributed by atoms with E-state index in [1.54, 1.807) is 14.2 Å². The Balaban J connectivity index is -0.0000000166. The van der Waals surface area contributed by atoms with E-state index in [1.807, 2.05) is 5.66 Å². The number of aliphatic hydroxyl groups is 4. The second-order valence-corrected chi connectivity index (χ2v) is 9.19. The Labute approximate surface area is 241 Å². The maximum atomic E-state index is 9.95. The van der Waals surface area contributed by atoms with E-state index in [0.29, 0.717) is 0 Å². The predicted octanol–water partition coefficient (Wildman–Crippen LogP) is 1.22. The molecule has 0 saturated heterocycles. The molecule has 0 rings (SSSR count). The van der Waals surface area contributed by atoms with Crippen molar-refractivity contribution in [1.29, 1.82) is 0 Å². The van der Waals surface area contributed by atoms with Crippen LogP contribution in [0.4, 0.5) is 0 Å². The van der Waals surface area contributed by atoms with Crippen LogP contribution in [0.5, 0.6) is 0 Å². The molecule has 0 fully saturated rings. The zero-order valence-corrected chi connectivity index (χ0v) is 27.1. The van der Waals surface area contributed by atoms with Gasteiger partial charge in [-0.05, 0) is 28.1 Å². The van der Waals surface area contributed by atoms with Crippen molar-refractivity contribution in [1.82, 2.24) is 0 Å². The van der Waals surface area contributed by atoms with Gasteiger partial charge in [-0.2, -0.15) is 0 Å². The van der Waals surface area contributed by atoms with Gasteiger partial charge in [-0.1, -0.05) is 35.1 Å². The van der Waals surface area contributed by atoms with Gasteiger partial charge in [-0.25, -0.2) is 0 Å². The molecule has 214 valence electrons. The van der Waals surface area contributed by atoms with Crippen molar-refractivity contribution in [3.05, 3.63) is 0 Å². The van der Waals surface area contributed by atoms with Crippen molar-refractivity contribution in [2.75, 3.05) is 64.0 Å². The zero-order chi connectivity index (χ0) is 27.9. The number of phosphoric acid groups is 1.